The van der Waals surface area contributed by atoms with E-state index in [0.717, 1.165) is 32.3 Å². The highest BCUT2D eigenvalue weighted by molar-refractivity contribution is 9.10. The van der Waals surface area contributed by atoms with E-state index < -0.39 is 0 Å². The summed E-state index contributed by atoms with van der Waals surface area (Å²) in [5, 5.41) is 15.8. The zero-order chi connectivity index (χ0) is 28.3. The molecule has 6 nitrogen and oxygen atoms in total. The number of benzene rings is 4. The van der Waals surface area contributed by atoms with Crippen LogP contribution in [0, 0.1) is 11.3 Å². The molecule has 0 aliphatic carbocycles. The topological polar surface area (TPSA) is 83.4 Å². The summed E-state index contributed by atoms with van der Waals surface area (Å²) in [5.41, 5.74) is 5.48. The minimum atomic E-state index is -0.0732. The molecule has 4 aromatic carbocycles. The van der Waals surface area contributed by atoms with Crippen LogP contribution < -0.4 is 20.1 Å². The van der Waals surface area contributed by atoms with Gasteiger partial charge < -0.3 is 20.1 Å². The van der Waals surface area contributed by atoms with Crippen molar-refractivity contribution in [1.82, 2.24) is 10.6 Å². The van der Waals surface area contributed by atoms with Crippen LogP contribution in [-0.4, -0.2) is 19.0 Å². The molecule has 0 fully saturated rings. The van der Waals surface area contributed by atoms with Crippen molar-refractivity contribution in [2.75, 3.05) is 13.1 Å². The van der Waals surface area contributed by atoms with Crippen molar-refractivity contribution in [2.24, 2.45) is 0 Å². The molecule has 2 N–H and O–H groups in total. The van der Waals surface area contributed by atoms with Gasteiger partial charge in [0.05, 0.1) is 16.7 Å². The van der Waals surface area contributed by atoms with Gasteiger partial charge >= 0.3 is 0 Å². The Morgan fingerprint density at radius 1 is 0.900 bits per heavy atom. The van der Waals surface area contributed by atoms with Gasteiger partial charge in [-0.05, 0) is 50.8 Å². The predicted molar refractivity (Wildman–Crippen MR) is 161 cm³/mol. The van der Waals surface area contributed by atoms with Gasteiger partial charge in [-0.2, -0.15) is 5.26 Å². The number of hydrogen-bond donors (Lipinski definition) is 2. The number of rotatable bonds is 12. The Kier molecular flexibility index (Phi) is 10.6. The van der Waals surface area contributed by atoms with Crippen LogP contribution in [0.3, 0.4) is 0 Å². The lowest BCUT2D eigenvalue weighted by molar-refractivity contribution is -0.118. The van der Waals surface area contributed by atoms with Crippen LogP contribution >= 0.6 is 27.5 Å². The summed E-state index contributed by atoms with van der Waals surface area (Å²) in [5.74, 6) is 1.04. The van der Waals surface area contributed by atoms with Crippen LogP contribution in [0.25, 0.3) is 11.1 Å². The van der Waals surface area contributed by atoms with Gasteiger partial charge in [-0.1, -0.05) is 72.3 Å². The van der Waals surface area contributed by atoms with E-state index in [0.29, 0.717) is 48.3 Å². The van der Waals surface area contributed by atoms with Crippen LogP contribution in [0.4, 0.5) is 0 Å². The first-order valence-corrected chi connectivity index (χ1v) is 14.0. The van der Waals surface area contributed by atoms with E-state index in [2.05, 4.69) is 50.8 Å². The second-order valence-electron chi connectivity index (χ2n) is 9.08. The number of hydrogen-bond acceptors (Lipinski definition) is 5. The van der Waals surface area contributed by atoms with Crippen molar-refractivity contribution >= 4 is 33.4 Å². The first-order valence-electron chi connectivity index (χ1n) is 12.8. The molecule has 8 heteroatoms. The van der Waals surface area contributed by atoms with Gasteiger partial charge in [0.2, 0.25) is 5.91 Å². The lowest BCUT2D eigenvalue weighted by atomic mass is 10.0. The summed E-state index contributed by atoms with van der Waals surface area (Å²) in [7, 11) is 0. The number of carbonyl (C=O) groups is 1. The molecular weight excluding hydrogens is 590 g/mol. The second-order valence-corrected chi connectivity index (χ2v) is 10.3. The number of carbonyl (C=O) groups excluding carboxylic acids is 1. The van der Waals surface area contributed by atoms with Crippen LogP contribution in [0.1, 0.15) is 29.2 Å². The summed E-state index contributed by atoms with van der Waals surface area (Å²) in [6, 6.07) is 29.3. The van der Waals surface area contributed by atoms with Gasteiger partial charge in [0, 0.05) is 48.2 Å². The van der Waals surface area contributed by atoms with Gasteiger partial charge in [0.25, 0.3) is 0 Å². The average molecular weight is 619 g/mol. The third-order valence-electron chi connectivity index (χ3n) is 6.10. The zero-order valence-electron chi connectivity index (χ0n) is 22.0. The number of halogens is 2. The Bertz CT molecular complexity index is 1510. The smallest absolute Gasteiger partial charge is 0.216 e. The minimum Gasteiger partial charge on any atom is -0.488 e. The number of ether oxygens (including phenoxy) is 2. The van der Waals surface area contributed by atoms with Crippen molar-refractivity contribution in [1.29, 1.82) is 5.26 Å². The highest BCUT2D eigenvalue weighted by Gasteiger charge is 2.14. The van der Waals surface area contributed by atoms with Crippen molar-refractivity contribution in [3.63, 3.8) is 0 Å². The summed E-state index contributed by atoms with van der Waals surface area (Å²) in [4.78, 5) is 11.1. The Morgan fingerprint density at radius 2 is 1.68 bits per heavy atom. The van der Waals surface area contributed by atoms with E-state index in [1.54, 1.807) is 18.2 Å². The Morgan fingerprint density at radius 3 is 2.45 bits per heavy atom. The third kappa shape index (κ3) is 8.09. The maximum Gasteiger partial charge on any atom is 0.216 e. The van der Waals surface area contributed by atoms with Crippen molar-refractivity contribution in [2.45, 2.75) is 26.7 Å². The molecule has 0 aliphatic rings. The number of amides is 1. The van der Waals surface area contributed by atoms with E-state index in [4.69, 9.17) is 21.1 Å². The second kappa shape index (κ2) is 14.5. The molecule has 1 amide bonds. The molecule has 0 bridgehead atoms. The van der Waals surface area contributed by atoms with Crippen LogP contribution in [-0.2, 0) is 24.6 Å². The Balaban J connectivity index is 1.52. The minimum absolute atomic E-state index is 0.0732. The van der Waals surface area contributed by atoms with Gasteiger partial charge in [-0.15, -0.1) is 0 Å². The molecule has 0 saturated carbocycles. The van der Waals surface area contributed by atoms with E-state index >= 15 is 0 Å². The lowest BCUT2D eigenvalue weighted by Crippen LogP contribution is -2.30. The normalized spacial score (nSPS) is 10.6. The molecule has 0 atom stereocenters. The van der Waals surface area contributed by atoms with Gasteiger partial charge in [0.1, 0.15) is 24.7 Å². The fourth-order valence-electron chi connectivity index (χ4n) is 4.09. The van der Waals surface area contributed by atoms with Gasteiger partial charge in [-0.3, -0.25) is 4.79 Å². The van der Waals surface area contributed by atoms with Gasteiger partial charge in [-0.25, -0.2) is 0 Å². The fraction of sp³-hybridized carbons (Fsp3) is 0.188. The van der Waals surface area contributed by atoms with Crippen molar-refractivity contribution in [3.05, 3.63) is 117 Å². The molecular formula is C32H29BrClN3O3. The number of nitrogens with one attached hydrogen (secondary N) is 2. The van der Waals surface area contributed by atoms with Crippen molar-refractivity contribution in [3.8, 4) is 28.7 Å². The quantitative estimate of drug-likeness (QED) is 0.167. The average Bonchev–Trinajstić information content (AvgIpc) is 2.97. The molecule has 0 spiro atoms. The van der Waals surface area contributed by atoms with Crippen molar-refractivity contribution < 1.29 is 14.3 Å². The summed E-state index contributed by atoms with van der Waals surface area (Å²) in [6.07, 6.45) is 0. The molecule has 0 aromatic heterocycles. The maximum atomic E-state index is 11.1. The molecule has 4 rings (SSSR count). The molecule has 40 heavy (non-hydrogen) atoms. The maximum absolute atomic E-state index is 11.1. The fourth-order valence-corrected chi connectivity index (χ4v) is 4.94. The first-order chi connectivity index (χ1) is 19.4. The monoisotopic (exact) mass is 617 g/mol. The molecule has 0 aliphatic heterocycles. The summed E-state index contributed by atoms with van der Waals surface area (Å²) >= 11 is 10.4. The highest BCUT2D eigenvalue weighted by atomic mass is 79.9. The van der Waals surface area contributed by atoms with E-state index in [-0.39, 0.29) is 12.5 Å². The molecule has 0 unspecified atom stereocenters. The molecule has 0 heterocycles. The van der Waals surface area contributed by atoms with Gasteiger partial charge in [0.15, 0.2) is 0 Å². The SMILES string of the molecule is CC(=O)NCCNCc1cc(Cl)c(OCc2cccc(-c3ccccc3)c2Br)cc1OCc1cccc(C#N)c1. The number of nitrogens with zero attached hydrogens (tertiary/aromatic N) is 1. The molecule has 0 radical (unpaired) electrons. The molecule has 0 saturated heterocycles. The van der Waals surface area contributed by atoms with Crippen LogP contribution in [0.2, 0.25) is 5.02 Å². The summed E-state index contributed by atoms with van der Waals surface area (Å²) in [6.45, 7) is 3.66. The zero-order valence-corrected chi connectivity index (χ0v) is 24.4. The lowest BCUT2D eigenvalue weighted by Gasteiger charge is -2.17. The van der Waals surface area contributed by atoms with E-state index in [1.807, 2.05) is 48.5 Å². The van der Waals surface area contributed by atoms with E-state index in [1.165, 1.54) is 6.92 Å². The summed E-state index contributed by atoms with van der Waals surface area (Å²) < 4.78 is 13.4. The number of nitriles is 1. The third-order valence-corrected chi connectivity index (χ3v) is 7.34. The molecule has 4 aromatic rings. The highest BCUT2D eigenvalue weighted by Crippen LogP contribution is 2.36. The first kappa shape index (κ1) is 29.2. The Labute approximate surface area is 248 Å². The predicted octanol–water partition coefficient (Wildman–Crippen LogP) is 7.02. The van der Waals surface area contributed by atoms with Crippen LogP contribution in [0.15, 0.2) is 89.4 Å². The standard InChI is InChI=1S/C32H29BrClN3O3/c1-22(38)37-14-13-36-19-27-16-29(34)31(17-30(27)39-20-24-8-5-7-23(15-24)18-35)40-21-26-11-6-12-28(32(26)33)25-9-3-2-4-10-25/h2-12,15-17,36H,13-14,19-21H2,1H3,(H,37,38). The van der Waals surface area contributed by atoms with Crippen LogP contribution in [0.5, 0.6) is 11.5 Å². The largest absolute Gasteiger partial charge is 0.488 e. The Hall–Kier alpha value is -3.83. The van der Waals surface area contributed by atoms with E-state index in [9.17, 15) is 10.1 Å². The molecule has 204 valence electrons.